The molecule has 2 aliphatic rings. The van der Waals surface area contributed by atoms with Gasteiger partial charge in [0.2, 0.25) is 0 Å². The largest absolute Gasteiger partial charge is 0.476 e. The number of anilines is 4. The lowest BCUT2D eigenvalue weighted by Gasteiger charge is -2.10. The molecule has 4 aromatic heterocycles. The van der Waals surface area contributed by atoms with Gasteiger partial charge in [-0.15, -0.1) is 0 Å². The normalized spacial score (nSPS) is 14.0. The number of pyridine rings is 2. The maximum Gasteiger partial charge on any atom is 0.360 e. The Morgan fingerprint density at radius 2 is 1.28 bits per heavy atom. The Kier molecular flexibility index (Phi) is 7.62. The first kappa shape index (κ1) is 25.6. The molecule has 198 valence electrons. The van der Waals surface area contributed by atoms with E-state index in [4.69, 9.17) is 4.74 Å². The maximum atomic E-state index is 11.8. The minimum atomic E-state index is -1.08. The highest BCUT2D eigenvalue weighted by atomic mass is 16.5. The van der Waals surface area contributed by atoms with Crippen molar-refractivity contribution in [2.45, 2.75) is 37.5 Å². The third-order valence-electron chi connectivity index (χ3n) is 6.00. The van der Waals surface area contributed by atoms with E-state index in [1.54, 1.807) is 55.4 Å². The smallest absolute Gasteiger partial charge is 0.360 e. The minimum absolute atomic E-state index is 0.0479. The van der Waals surface area contributed by atoms with E-state index >= 15 is 0 Å². The van der Waals surface area contributed by atoms with Gasteiger partial charge in [0.25, 0.3) is 0 Å². The molecule has 0 saturated heterocycles. The molecule has 4 heterocycles. The van der Waals surface area contributed by atoms with Crippen molar-refractivity contribution in [1.29, 1.82) is 0 Å². The Labute approximate surface area is 224 Å². The number of aromatic carboxylic acids is 1. The van der Waals surface area contributed by atoms with Crippen molar-refractivity contribution >= 4 is 34.9 Å². The molecule has 0 bridgehead atoms. The van der Waals surface area contributed by atoms with Gasteiger partial charge < -0.3 is 20.5 Å². The molecule has 0 radical (unpaired) electrons. The number of carboxylic acid groups (broad SMARTS) is 1. The Bertz CT molecular complexity index is 1460. The molecule has 2 saturated carbocycles. The minimum Gasteiger partial charge on any atom is -0.476 e. The number of nitrogens with one attached hydrogen (secondary N) is 2. The zero-order valence-corrected chi connectivity index (χ0v) is 21.1. The maximum absolute atomic E-state index is 11.8. The summed E-state index contributed by atoms with van der Waals surface area (Å²) >= 11 is 0. The second kappa shape index (κ2) is 11.6. The van der Waals surface area contributed by atoms with E-state index in [0.29, 0.717) is 23.3 Å². The number of carboxylic acids is 1. The first-order valence-electron chi connectivity index (χ1n) is 12.4. The van der Waals surface area contributed by atoms with E-state index in [1.807, 2.05) is 6.07 Å². The number of hydrogen-bond acceptors (Lipinski definition) is 11. The fourth-order valence-electron chi connectivity index (χ4n) is 3.67. The topological polar surface area (TPSA) is 165 Å². The molecule has 6 rings (SSSR count). The van der Waals surface area contributed by atoms with Crippen molar-refractivity contribution in [2.24, 2.45) is 0 Å². The molecule has 4 aromatic rings. The van der Waals surface area contributed by atoms with Crippen LogP contribution in [-0.2, 0) is 4.74 Å². The van der Waals surface area contributed by atoms with Crippen molar-refractivity contribution in [3.63, 3.8) is 0 Å². The Morgan fingerprint density at radius 3 is 1.69 bits per heavy atom. The van der Waals surface area contributed by atoms with Gasteiger partial charge in [-0.05, 0) is 49.9 Å². The van der Waals surface area contributed by atoms with Crippen LogP contribution in [0.5, 0.6) is 0 Å². The second-order valence-electron chi connectivity index (χ2n) is 9.06. The molecule has 2 fully saturated rings. The molecule has 0 spiro atoms. The fraction of sp³-hybridized carbons (Fsp3) is 0.259. The van der Waals surface area contributed by atoms with Crippen molar-refractivity contribution in [1.82, 2.24) is 29.9 Å². The molecule has 12 nitrogen and oxygen atoms in total. The van der Waals surface area contributed by atoms with Gasteiger partial charge in [-0.1, -0.05) is 0 Å². The average Bonchev–Trinajstić information content (AvgIpc) is 3.88. The zero-order valence-electron chi connectivity index (χ0n) is 21.1. The van der Waals surface area contributed by atoms with Crippen molar-refractivity contribution in [2.75, 3.05) is 17.7 Å². The molecule has 3 N–H and O–H groups in total. The van der Waals surface area contributed by atoms with Crippen LogP contribution in [0.1, 0.15) is 69.9 Å². The van der Waals surface area contributed by atoms with E-state index < -0.39 is 11.9 Å². The summed E-state index contributed by atoms with van der Waals surface area (Å²) in [6, 6.07) is 7.18. The van der Waals surface area contributed by atoms with E-state index in [-0.39, 0.29) is 17.2 Å². The third kappa shape index (κ3) is 6.66. The highest BCUT2D eigenvalue weighted by Gasteiger charge is 2.28. The van der Waals surface area contributed by atoms with Crippen LogP contribution in [0.15, 0.2) is 61.4 Å². The number of rotatable bonds is 8. The van der Waals surface area contributed by atoms with Crippen LogP contribution in [0, 0.1) is 0 Å². The lowest BCUT2D eigenvalue weighted by atomic mass is 10.3. The molecule has 0 aromatic carbocycles. The second-order valence-corrected chi connectivity index (χ2v) is 9.06. The number of esters is 1. The molecule has 0 amide bonds. The molecule has 2 aliphatic carbocycles. The summed E-state index contributed by atoms with van der Waals surface area (Å²) in [4.78, 5) is 48.1. The molecular formula is C27H26N8O4. The summed E-state index contributed by atoms with van der Waals surface area (Å²) in [7, 11) is 1.33. The third-order valence-corrected chi connectivity index (χ3v) is 6.00. The monoisotopic (exact) mass is 526 g/mol. The molecule has 0 unspecified atom stereocenters. The van der Waals surface area contributed by atoms with Gasteiger partial charge in [-0.2, -0.15) is 0 Å². The summed E-state index contributed by atoms with van der Waals surface area (Å²) in [5, 5.41) is 15.2. The number of ether oxygens (including phenoxy) is 1. The number of methoxy groups -OCH3 is 1. The van der Waals surface area contributed by atoms with Gasteiger partial charge >= 0.3 is 11.9 Å². The Morgan fingerprint density at radius 1 is 0.795 bits per heavy atom. The van der Waals surface area contributed by atoms with E-state index in [2.05, 4.69) is 40.5 Å². The number of carbonyl (C=O) groups is 2. The van der Waals surface area contributed by atoms with Crippen molar-refractivity contribution < 1.29 is 19.4 Å². The van der Waals surface area contributed by atoms with Gasteiger partial charge in [0.05, 0.1) is 54.7 Å². The Hall–Kier alpha value is -5.00. The SMILES string of the molecule is COC(=O)c1nc(C2CC2)cnc1Nc1cccnc1.O=C(O)c1nc(C2CC2)cnc1Nc1cccnc1. The lowest BCUT2D eigenvalue weighted by molar-refractivity contribution is 0.0593. The van der Waals surface area contributed by atoms with Crippen molar-refractivity contribution in [3.8, 4) is 0 Å². The van der Waals surface area contributed by atoms with Crippen LogP contribution in [0.25, 0.3) is 0 Å². The summed E-state index contributed by atoms with van der Waals surface area (Å²) in [5.74, 6) is -0.150. The van der Waals surface area contributed by atoms with Crippen LogP contribution in [0.4, 0.5) is 23.0 Å². The van der Waals surface area contributed by atoms with Crippen LogP contribution in [-0.4, -0.2) is 54.1 Å². The van der Waals surface area contributed by atoms with E-state index in [0.717, 1.165) is 42.8 Å². The summed E-state index contributed by atoms with van der Waals surface area (Å²) < 4.78 is 4.77. The highest BCUT2D eigenvalue weighted by molar-refractivity contribution is 5.93. The molecular weight excluding hydrogens is 500 g/mol. The first-order chi connectivity index (χ1) is 19.0. The number of nitrogens with zero attached hydrogens (tertiary/aromatic N) is 6. The van der Waals surface area contributed by atoms with Crippen molar-refractivity contribution in [3.05, 3.63) is 84.2 Å². The van der Waals surface area contributed by atoms with Crippen LogP contribution in [0.3, 0.4) is 0 Å². The summed E-state index contributed by atoms with van der Waals surface area (Å²) in [5.41, 5.74) is 3.19. The highest BCUT2D eigenvalue weighted by Crippen LogP contribution is 2.40. The van der Waals surface area contributed by atoms with E-state index in [9.17, 15) is 14.7 Å². The van der Waals surface area contributed by atoms with Crippen LogP contribution < -0.4 is 10.6 Å². The quantitative estimate of drug-likeness (QED) is 0.276. The first-order valence-corrected chi connectivity index (χ1v) is 12.4. The average molecular weight is 527 g/mol. The number of hydrogen-bond donors (Lipinski definition) is 3. The summed E-state index contributed by atoms with van der Waals surface area (Å²) in [6.07, 6.45) is 14.2. The predicted molar refractivity (Wildman–Crippen MR) is 141 cm³/mol. The number of aromatic nitrogens is 6. The Balaban J connectivity index is 0.000000158. The fourth-order valence-corrected chi connectivity index (χ4v) is 3.67. The standard InChI is InChI=1S/C14H14N4O2.C13H12N4O2/c1-20-14(19)12-13(17-10-3-2-6-15-7-10)16-8-11(18-12)9-4-5-9;18-13(19)11-12(16-9-2-1-5-14-6-9)15-7-10(17-11)8-3-4-8/h2-3,6-9H,4-5H2,1H3,(H,16,17);1-2,5-8H,3-4H2,(H,15,16)(H,18,19). The van der Waals surface area contributed by atoms with E-state index in [1.165, 1.54) is 7.11 Å². The van der Waals surface area contributed by atoms with Crippen LogP contribution >= 0.6 is 0 Å². The van der Waals surface area contributed by atoms with Crippen LogP contribution in [0.2, 0.25) is 0 Å². The van der Waals surface area contributed by atoms with Gasteiger partial charge in [-0.3, -0.25) is 9.97 Å². The molecule has 0 atom stereocenters. The molecule has 39 heavy (non-hydrogen) atoms. The lowest BCUT2D eigenvalue weighted by Crippen LogP contribution is -2.11. The van der Waals surface area contributed by atoms with Gasteiger partial charge in [0, 0.05) is 24.2 Å². The number of carbonyl (C=O) groups excluding carboxylic acids is 1. The predicted octanol–water partition coefficient (Wildman–Crippen LogP) is 4.47. The van der Waals surface area contributed by atoms with Gasteiger partial charge in [0.15, 0.2) is 23.0 Å². The molecule has 0 aliphatic heterocycles. The van der Waals surface area contributed by atoms with Gasteiger partial charge in [0.1, 0.15) is 0 Å². The summed E-state index contributed by atoms with van der Waals surface area (Å²) in [6.45, 7) is 0. The molecule has 12 heteroatoms. The zero-order chi connectivity index (χ0) is 27.2. The van der Waals surface area contributed by atoms with Gasteiger partial charge in [-0.25, -0.2) is 29.5 Å².